The molecule has 0 aromatic heterocycles. The molecule has 2 aromatic rings. The summed E-state index contributed by atoms with van der Waals surface area (Å²) in [6.45, 7) is 6.20. The smallest absolute Gasteiger partial charge is 0.416 e. The Labute approximate surface area is 181 Å². The molecule has 0 N–H and O–H groups in total. The zero-order chi connectivity index (χ0) is 21.7. The Bertz CT molecular complexity index is 868. The van der Waals surface area contributed by atoms with E-state index in [4.69, 9.17) is 30.5 Å². The second kappa shape index (κ2) is 9.96. The average molecular weight is 461 g/mol. The number of ether oxygens (including phenoxy) is 4. The predicted octanol–water partition coefficient (Wildman–Crippen LogP) is 6.18. The normalized spacial score (nSPS) is 18.6. The van der Waals surface area contributed by atoms with E-state index in [2.05, 4.69) is 6.58 Å². The maximum absolute atomic E-state index is 12.6. The summed E-state index contributed by atoms with van der Waals surface area (Å²) < 4.78 is 59.4. The number of halogens is 4. The van der Waals surface area contributed by atoms with Gasteiger partial charge >= 0.3 is 6.18 Å². The molecule has 4 nitrogen and oxygen atoms in total. The van der Waals surface area contributed by atoms with Crippen molar-refractivity contribution in [2.45, 2.75) is 30.6 Å². The Kier molecular flexibility index (Phi) is 7.57. The summed E-state index contributed by atoms with van der Waals surface area (Å²) in [5.41, 5.74) is 0.0700. The van der Waals surface area contributed by atoms with Crippen molar-refractivity contribution in [3.05, 3.63) is 65.2 Å². The van der Waals surface area contributed by atoms with Gasteiger partial charge in [-0.25, -0.2) is 0 Å². The first kappa shape index (κ1) is 22.8. The van der Waals surface area contributed by atoms with Gasteiger partial charge in [-0.15, -0.1) is 11.8 Å². The lowest BCUT2D eigenvalue weighted by molar-refractivity contribution is -0.380. The third-order valence-electron chi connectivity index (χ3n) is 4.03. The number of rotatable bonds is 9. The summed E-state index contributed by atoms with van der Waals surface area (Å²) >= 11 is 7.77. The molecule has 0 spiro atoms. The van der Waals surface area contributed by atoms with E-state index >= 15 is 0 Å². The minimum absolute atomic E-state index is 0.201. The zero-order valence-electron chi connectivity index (χ0n) is 16.1. The molecule has 0 unspecified atom stereocenters. The lowest BCUT2D eigenvalue weighted by Gasteiger charge is -2.33. The van der Waals surface area contributed by atoms with Crippen molar-refractivity contribution >= 4 is 23.4 Å². The molecule has 1 fully saturated rings. The van der Waals surface area contributed by atoms with Crippen LogP contribution in [0.3, 0.4) is 0 Å². The summed E-state index contributed by atoms with van der Waals surface area (Å²) in [6.07, 6.45) is -4.94. The molecule has 2 aromatic carbocycles. The van der Waals surface area contributed by atoms with Crippen molar-refractivity contribution < 1.29 is 32.1 Å². The standard InChI is InChI=1S/C21H20ClF3O4S/c1-13(10-26-16-5-3-15(4-6-16)21(23,24)25)12-30-17-7-8-19(18(22)9-17)27-11-20-28-14(2)29-20/h3-9,14,20H,1,10-12H2,2H3. The SMILES string of the molecule is C=C(COc1ccc(C(F)(F)F)cc1)CSc1ccc(OCC2OC(C)O2)c(Cl)c1. The number of thioether (sulfide) groups is 1. The molecule has 1 saturated heterocycles. The Morgan fingerprint density at radius 3 is 2.43 bits per heavy atom. The molecule has 1 aliphatic heterocycles. The highest BCUT2D eigenvalue weighted by Gasteiger charge is 2.30. The second-order valence-corrected chi connectivity index (χ2v) is 7.98. The van der Waals surface area contributed by atoms with E-state index in [9.17, 15) is 13.2 Å². The van der Waals surface area contributed by atoms with E-state index in [0.717, 1.165) is 22.6 Å². The van der Waals surface area contributed by atoms with Gasteiger partial charge in [0.05, 0.1) is 10.6 Å². The lowest BCUT2D eigenvalue weighted by atomic mass is 10.2. The first-order valence-electron chi connectivity index (χ1n) is 9.03. The Hall–Kier alpha value is -1.87. The molecule has 162 valence electrons. The van der Waals surface area contributed by atoms with Crippen LogP contribution < -0.4 is 9.47 Å². The van der Waals surface area contributed by atoms with Crippen LogP contribution in [0.4, 0.5) is 13.2 Å². The summed E-state index contributed by atoms with van der Waals surface area (Å²) in [6, 6.07) is 10.0. The van der Waals surface area contributed by atoms with Gasteiger partial charge in [0.1, 0.15) is 24.7 Å². The van der Waals surface area contributed by atoms with Crippen molar-refractivity contribution in [2.75, 3.05) is 19.0 Å². The van der Waals surface area contributed by atoms with E-state index in [1.54, 1.807) is 19.1 Å². The number of alkyl halides is 3. The first-order chi connectivity index (χ1) is 14.2. The Morgan fingerprint density at radius 1 is 1.13 bits per heavy atom. The van der Waals surface area contributed by atoms with E-state index in [1.807, 2.05) is 6.07 Å². The Morgan fingerprint density at radius 2 is 1.83 bits per heavy atom. The van der Waals surface area contributed by atoms with Gasteiger partial charge < -0.3 is 18.9 Å². The summed E-state index contributed by atoms with van der Waals surface area (Å²) in [7, 11) is 0. The molecule has 0 aliphatic carbocycles. The number of hydrogen-bond donors (Lipinski definition) is 0. The quantitative estimate of drug-likeness (QED) is 0.330. The van der Waals surface area contributed by atoms with Gasteiger partial charge in [-0.1, -0.05) is 18.2 Å². The van der Waals surface area contributed by atoms with Gasteiger partial charge in [-0.2, -0.15) is 13.2 Å². The molecule has 1 aliphatic rings. The van der Waals surface area contributed by atoms with Crippen LogP contribution in [-0.4, -0.2) is 31.5 Å². The van der Waals surface area contributed by atoms with Crippen LogP contribution in [-0.2, 0) is 15.7 Å². The average Bonchev–Trinajstić information content (AvgIpc) is 2.68. The van der Waals surface area contributed by atoms with Crippen molar-refractivity contribution in [3.63, 3.8) is 0 Å². The molecule has 0 saturated carbocycles. The van der Waals surface area contributed by atoms with Gasteiger partial charge in [-0.3, -0.25) is 0 Å². The third kappa shape index (κ3) is 6.57. The number of benzene rings is 2. The monoisotopic (exact) mass is 460 g/mol. The fourth-order valence-corrected chi connectivity index (χ4v) is 3.63. The third-order valence-corrected chi connectivity index (χ3v) is 5.47. The summed E-state index contributed by atoms with van der Waals surface area (Å²) in [4.78, 5) is 0.924. The van der Waals surface area contributed by atoms with Crippen molar-refractivity contribution in [3.8, 4) is 11.5 Å². The maximum Gasteiger partial charge on any atom is 0.416 e. The molecule has 3 rings (SSSR count). The molecule has 1 heterocycles. The fraction of sp³-hybridized carbons (Fsp3) is 0.333. The summed E-state index contributed by atoms with van der Waals surface area (Å²) in [5, 5.41) is 0.471. The van der Waals surface area contributed by atoms with Gasteiger partial charge in [-0.05, 0) is 55.0 Å². The molecular formula is C21H20ClF3O4S. The van der Waals surface area contributed by atoms with Crippen molar-refractivity contribution in [2.24, 2.45) is 0 Å². The van der Waals surface area contributed by atoms with E-state index in [0.29, 0.717) is 22.3 Å². The molecule has 9 heteroatoms. The minimum Gasteiger partial charge on any atom is -0.489 e. The fourth-order valence-electron chi connectivity index (χ4n) is 2.52. The van der Waals surface area contributed by atoms with Crippen LogP contribution in [0, 0.1) is 0 Å². The maximum atomic E-state index is 12.6. The van der Waals surface area contributed by atoms with Crippen molar-refractivity contribution in [1.82, 2.24) is 0 Å². The highest BCUT2D eigenvalue weighted by Crippen LogP contribution is 2.32. The predicted molar refractivity (Wildman–Crippen MR) is 109 cm³/mol. The molecular weight excluding hydrogens is 441 g/mol. The van der Waals surface area contributed by atoms with E-state index in [1.165, 1.54) is 23.9 Å². The highest BCUT2D eigenvalue weighted by molar-refractivity contribution is 7.99. The largest absolute Gasteiger partial charge is 0.489 e. The molecule has 0 radical (unpaired) electrons. The highest BCUT2D eigenvalue weighted by atomic mass is 35.5. The number of hydrogen-bond acceptors (Lipinski definition) is 5. The Balaban J connectivity index is 1.41. The van der Waals surface area contributed by atoms with Gasteiger partial charge in [0.2, 0.25) is 0 Å². The molecule has 0 bridgehead atoms. The van der Waals surface area contributed by atoms with Crippen LogP contribution in [0.5, 0.6) is 11.5 Å². The van der Waals surface area contributed by atoms with Crippen molar-refractivity contribution in [1.29, 1.82) is 0 Å². The topological polar surface area (TPSA) is 36.9 Å². The molecule has 0 amide bonds. The molecule has 0 atom stereocenters. The molecule has 30 heavy (non-hydrogen) atoms. The van der Waals surface area contributed by atoms with Crippen LogP contribution in [0.25, 0.3) is 0 Å². The van der Waals surface area contributed by atoms with E-state index in [-0.39, 0.29) is 25.8 Å². The van der Waals surface area contributed by atoms with Gasteiger partial charge in [0, 0.05) is 10.6 Å². The zero-order valence-corrected chi connectivity index (χ0v) is 17.7. The van der Waals surface area contributed by atoms with Crippen LogP contribution >= 0.6 is 23.4 Å². The van der Waals surface area contributed by atoms with Gasteiger partial charge in [0.15, 0.2) is 12.6 Å². The van der Waals surface area contributed by atoms with Crippen LogP contribution in [0.1, 0.15) is 12.5 Å². The van der Waals surface area contributed by atoms with Gasteiger partial charge in [0.25, 0.3) is 0 Å². The van der Waals surface area contributed by atoms with Crippen LogP contribution in [0.2, 0.25) is 5.02 Å². The van der Waals surface area contributed by atoms with E-state index < -0.39 is 11.7 Å². The first-order valence-corrected chi connectivity index (χ1v) is 10.4. The second-order valence-electron chi connectivity index (χ2n) is 6.52. The van der Waals surface area contributed by atoms with Crippen LogP contribution in [0.15, 0.2) is 59.5 Å². The minimum atomic E-state index is -4.36. The lowest BCUT2D eigenvalue weighted by Crippen LogP contribution is -2.42. The summed E-state index contributed by atoms with van der Waals surface area (Å²) in [5.74, 6) is 1.46.